The number of hydrogen-bond donors (Lipinski definition) is 1. The molecule has 0 unspecified atom stereocenters. The minimum atomic E-state index is -4.67. The summed E-state index contributed by atoms with van der Waals surface area (Å²) in [6.07, 6.45) is -4.67. The third-order valence-corrected chi connectivity index (χ3v) is 4.51. The highest BCUT2D eigenvalue weighted by molar-refractivity contribution is 8.00. The third kappa shape index (κ3) is 3.42. The van der Waals surface area contributed by atoms with E-state index in [0.29, 0.717) is 5.88 Å². The van der Waals surface area contributed by atoms with Gasteiger partial charge >= 0.3 is 12.1 Å². The molecule has 0 aromatic heterocycles. The van der Waals surface area contributed by atoms with Gasteiger partial charge in [0.25, 0.3) is 0 Å². The van der Waals surface area contributed by atoms with Crippen molar-refractivity contribution < 1.29 is 32.7 Å². The van der Waals surface area contributed by atoms with E-state index in [0.717, 1.165) is 4.90 Å². The highest BCUT2D eigenvalue weighted by Crippen LogP contribution is 2.37. The van der Waals surface area contributed by atoms with Gasteiger partial charge in [-0.15, -0.1) is 11.8 Å². The van der Waals surface area contributed by atoms with Crippen molar-refractivity contribution in [3.63, 3.8) is 0 Å². The van der Waals surface area contributed by atoms with Crippen LogP contribution in [0.4, 0.5) is 13.2 Å². The number of halogens is 3. The second-order valence-corrected chi connectivity index (χ2v) is 5.92. The van der Waals surface area contributed by atoms with E-state index in [1.54, 1.807) is 0 Å². The van der Waals surface area contributed by atoms with E-state index in [1.165, 1.54) is 16.7 Å². The van der Waals surface area contributed by atoms with Crippen LogP contribution in [0.15, 0.2) is 0 Å². The van der Waals surface area contributed by atoms with Crippen LogP contribution in [-0.4, -0.2) is 70.1 Å². The van der Waals surface area contributed by atoms with Gasteiger partial charge in [-0.05, 0) is 0 Å². The molecule has 2 amide bonds. The number of carboxylic acid groups (broad SMARTS) is 1. The minimum absolute atomic E-state index is 0.241. The lowest BCUT2D eigenvalue weighted by atomic mass is 9.96. The molecule has 0 bridgehead atoms. The Labute approximate surface area is 122 Å². The monoisotopic (exact) mass is 326 g/mol. The van der Waals surface area contributed by atoms with Gasteiger partial charge in [0.05, 0.1) is 23.5 Å². The van der Waals surface area contributed by atoms with Gasteiger partial charge in [0, 0.05) is 13.1 Å². The first-order valence-electron chi connectivity index (χ1n) is 6.13. The van der Waals surface area contributed by atoms with Crippen molar-refractivity contribution in [2.75, 3.05) is 31.3 Å². The van der Waals surface area contributed by atoms with Gasteiger partial charge in [0.2, 0.25) is 11.8 Å². The number of carbonyl (C=O) groups excluding carboxylic acids is 2. The highest BCUT2D eigenvalue weighted by Gasteiger charge is 2.53. The molecule has 0 spiro atoms. The average Bonchev–Trinajstić information content (AvgIpc) is 2.95. The molecule has 0 aromatic carbocycles. The SMILES string of the molecule is O=C(O)[C@@H]1CN(C(=O)CN2CSCC2=O)C[C@H]1C(F)(F)F. The van der Waals surface area contributed by atoms with E-state index in [-0.39, 0.29) is 18.2 Å². The van der Waals surface area contributed by atoms with E-state index >= 15 is 0 Å². The van der Waals surface area contributed by atoms with Gasteiger partial charge in [0.1, 0.15) is 6.54 Å². The maximum absolute atomic E-state index is 12.8. The second-order valence-electron chi connectivity index (χ2n) is 4.96. The fraction of sp³-hybridized carbons (Fsp3) is 0.727. The molecule has 1 N–H and O–H groups in total. The summed E-state index contributed by atoms with van der Waals surface area (Å²) in [4.78, 5) is 36.4. The zero-order valence-electron chi connectivity index (χ0n) is 10.8. The van der Waals surface area contributed by atoms with Gasteiger partial charge in [-0.3, -0.25) is 14.4 Å². The van der Waals surface area contributed by atoms with Crippen LogP contribution in [0.25, 0.3) is 0 Å². The Morgan fingerprint density at radius 2 is 2.00 bits per heavy atom. The van der Waals surface area contributed by atoms with Gasteiger partial charge in [-0.2, -0.15) is 13.2 Å². The number of likely N-dealkylation sites (tertiary alicyclic amines) is 1. The molecule has 2 atom stereocenters. The Morgan fingerprint density at radius 1 is 1.33 bits per heavy atom. The summed E-state index contributed by atoms with van der Waals surface area (Å²) >= 11 is 1.32. The molecule has 2 heterocycles. The lowest BCUT2D eigenvalue weighted by Gasteiger charge is -2.21. The fourth-order valence-corrected chi connectivity index (χ4v) is 3.30. The van der Waals surface area contributed by atoms with E-state index in [9.17, 15) is 27.6 Å². The molecular formula is C11H13F3N2O4S. The number of alkyl halides is 3. The number of carbonyl (C=O) groups is 3. The standard InChI is InChI=1S/C11H13F3N2O4S/c12-11(13,14)7-2-15(1-6(7)10(19)20)8(17)3-16-5-21-4-9(16)18/h6-7H,1-5H2,(H,19,20)/t6-,7-/m1/s1. The molecule has 118 valence electrons. The first kappa shape index (κ1) is 15.9. The molecule has 21 heavy (non-hydrogen) atoms. The first-order chi connectivity index (χ1) is 9.70. The van der Waals surface area contributed by atoms with Gasteiger partial charge in [-0.25, -0.2) is 0 Å². The maximum Gasteiger partial charge on any atom is 0.394 e. The number of hydrogen-bond acceptors (Lipinski definition) is 4. The fourth-order valence-electron chi connectivity index (χ4n) is 2.39. The summed E-state index contributed by atoms with van der Waals surface area (Å²) in [5.41, 5.74) is 0. The first-order valence-corrected chi connectivity index (χ1v) is 7.28. The topological polar surface area (TPSA) is 77.9 Å². The lowest BCUT2D eigenvalue weighted by molar-refractivity contribution is -0.188. The van der Waals surface area contributed by atoms with Gasteiger partial charge < -0.3 is 14.9 Å². The summed E-state index contributed by atoms with van der Waals surface area (Å²) in [5, 5.41) is 8.87. The van der Waals surface area contributed by atoms with Crippen LogP contribution < -0.4 is 0 Å². The number of amides is 2. The predicted molar refractivity (Wildman–Crippen MR) is 66.3 cm³/mol. The summed E-state index contributed by atoms with van der Waals surface area (Å²) in [6, 6.07) is 0. The summed E-state index contributed by atoms with van der Waals surface area (Å²) in [6.45, 7) is -1.45. The molecule has 10 heteroatoms. The van der Waals surface area contributed by atoms with Crippen LogP contribution in [-0.2, 0) is 14.4 Å². The van der Waals surface area contributed by atoms with Crippen molar-refractivity contribution in [3.05, 3.63) is 0 Å². The number of thioether (sulfide) groups is 1. The number of carboxylic acids is 1. The van der Waals surface area contributed by atoms with Crippen molar-refractivity contribution in [2.45, 2.75) is 6.18 Å². The molecular weight excluding hydrogens is 313 g/mol. The zero-order valence-corrected chi connectivity index (χ0v) is 11.6. The van der Waals surface area contributed by atoms with Crippen LogP contribution in [0.5, 0.6) is 0 Å². The Morgan fingerprint density at radius 3 is 2.43 bits per heavy atom. The number of aliphatic carboxylic acids is 1. The Kier molecular flexibility index (Phi) is 4.35. The summed E-state index contributed by atoms with van der Waals surface area (Å²) in [5.74, 6) is -5.61. The largest absolute Gasteiger partial charge is 0.481 e. The number of nitrogens with zero attached hydrogens (tertiary/aromatic N) is 2. The van der Waals surface area contributed by atoms with Crippen LogP contribution in [0, 0.1) is 11.8 Å². The molecule has 2 aliphatic rings. The highest BCUT2D eigenvalue weighted by atomic mass is 32.2. The molecule has 6 nitrogen and oxygen atoms in total. The van der Waals surface area contributed by atoms with E-state index < -0.39 is 43.0 Å². The Balaban J connectivity index is 2.03. The lowest BCUT2D eigenvalue weighted by Crippen LogP contribution is -2.40. The molecule has 2 saturated heterocycles. The predicted octanol–water partition coefficient (Wildman–Crippen LogP) is 0.241. The second kappa shape index (κ2) is 5.74. The summed E-state index contributed by atoms with van der Waals surface area (Å²) < 4.78 is 38.4. The molecule has 0 aromatic rings. The minimum Gasteiger partial charge on any atom is -0.481 e. The molecule has 2 rings (SSSR count). The smallest absolute Gasteiger partial charge is 0.394 e. The quantitative estimate of drug-likeness (QED) is 0.804. The van der Waals surface area contributed by atoms with Crippen molar-refractivity contribution in [2.24, 2.45) is 11.8 Å². The zero-order chi connectivity index (χ0) is 15.8. The molecule has 2 aliphatic heterocycles. The van der Waals surface area contributed by atoms with E-state index in [2.05, 4.69) is 0 Å². The van der Waals surface area contributed by atoms with E-state index in [1.807, 2.05) is 0 Å². The summed E-state index contributed by atoms with van der Waals surface area (Å²) in [7, 11) is 0. The van der Waals surface area contributed by atoms with Gasteiger partial charge in [-0.1, -0.05) is 0 Å². The van der Waals surface area contributed by atoms with Crippen LogP contribution in [0.1, 0.15) is 0 Å². The molecule has 0 radical (unpaired) electrons. The van der Waals surface area contributed by atoms with Crippen molar-refractivity contribution >= 4 is 29.5 Å². The molecule has 2 fully saturated rings. The molecule has 0 aliphatic carbocycles. The van der Waals surface area contributed by atoms with Crippen LogP contribution in [0.3, 0.4) is 0 Å². The van der Waals surface area contributed by atoms with Crippen LogP contribution >= 0.6 is 11.8 Å². The van der Waals surface area contributed by atoms with Crippen molar-refractivity contribution in [1.82, 2.24) is 9.80 Å². The maximum atomic E-state index is 12.8. The molecule has 0 saturated carbocycles. The van der Waals surface area contributed by atoms with Crippen LogP contribution in [0.2, 0.25) is 0 Å². The Bertz CT molecular complexity index is 471. The normalized spacial score (nSPS) is 26.5. The average molecular weight is 326 g/mol. The number of rotatable bonds is 3. The van der Waals surface area contributed by atoms with Crippen molar-refractivity contribution in [3.8, 4) is 0 Å². The van der Waals surface area contributed by atoms with Gasteiger partial charge in [0.15, 0.2) is 0 Å². The van der Waals surface area contributed by atoms with E-state index in [4.69, 9.17) is 5.11 Å². The third-order valence-electron chi connectivity index (χ3n) is 3.56. The Hall–Kier alpha value is -1.45. The van der Waals surface area contributed by atoms with Crippen molar-refractivity contribution in [1.29, 1.82) is 0 Å².